The number of carbonyl (C=O) groups excluding carboxylic acids is 1. The zero-order valence-corrected chi connectivity index (χ0v) is 11.4. The first kappa shape index (κ1) is 14.6. The van der Waals surface area contributed by atoms with Gasteiger partial charge in [-0.15, -0.1) is 0 Å². The van der Waals surface area contributed by atoms with E-state index in [1.165, 1.54) is 0 Å². The Morgan fingerprint density at radius 3 is 2.62 bits per heavy atom. The van der Waals surface area contributed by atoms with Crippen LogP contribution in [0.5, 0.6) is 11.5 Å². The van der Waals surface area contributed by atoms with Gasteiger partial charge in [-0.05, 0) is 31.2 Å². The molecule has 1 heterocycles. The summed E-state index contributed by atoms with van der Waals surface area (Å²) in [5, 5.41) is 9.04. The van der Waals surface area contributed by atoms with Crippen LogP contribution in [0.4, 0.5) is 0 Å². The van der Waals surface area contributed by atoms with Gasteiger partial charge >= 0.3 is 5.97 Å². The van der Waals surface area contributed by atoms with Crippen LogP contribution in [0.2, 0.25) is 0 Å². The minimum absolute atomic E-state index is 0.150. The van der Waals surface area contributed by atoms with Crippen molar-refractivity contribution in [2.45, 2.75) is 13.5 Å². The molecule has 0 fully saturated rings. The topological polar surface area (TPSA) is 86.0 Å². The van der Waals surface area contributed by atoms with E-state index in [4.69, 9.17) is 19.0 Å². The Morgan fingerprint density at radius 1 is 1.29 bits per heavy atom. The monoisotopic (exact) mass is 290 g/mol. The maximum atomic E-state index is 11.8. The molecule has 2 rings (SSSR count). The second-order valence-corrected chi connectivity index (χ2v) is 4.13. The van der Waals surface area contributed by atoms with Gasteiger partial charge in [-0.3, -0.25) is 4.79 Å². The summed E-state index contributed by atoms with van der Waals surface area (Å²) in [6.07, 6.45) is 0.905. The van der Waals surface area contributed by atoms with Crippen molar-refractivity contribution in [3.63, 3.8) is 0 Å². The molecule has 21 heavy (non-hydrogen) atoms. The van der Waals surface area contributed by atoms with Crippen LogP contribution in [-0.2, 0) is 11.3 Å². The summed E-state index contributed by atoms with van der Waals surface area (Å²) >= 11 is 0. The van der Waals surface area contributed by atoms with Gasteiger partial charge in [0.25, 0.3) is 0 Å². The Labute approximate surface area is 120 Å². The number of hydrogen-bond donors (Lipinski definition) is 1. The third-order valence-corrected chi connectivity index (χ3v) is 2.61. The molecule has 6 heteroatoms. The highest BCUT2D eigenvalue weighted by molar-refractivity contribution is 5.89. The molecule has 0 unspecified atom stereocenters. The molecule has 0 saturated heterocycles. The zero-order valence-electron chi connectivity index (χ0n) is 11.4. The van der Waals surface area contributed by atoms with Gasteiger partial charge in [-0.25, -0.2) is 4.79 Å². The lowest BCUT2D eigenvalue weighted by Gasteiger charge is -2.06. The normalized spacial score (nSPS) is 10.1. The van der Waals surface area contributed by atoms with Gasteiger partial charge in [0, 0.05) is 6.07 Å². The van der Waals surface area contributed by atoms with E-state index in [0.29, 0.717) is 17.9 Å². The predicted octanol–water partition coefficient (Wildman–Crippen LogP) is 2.10. The van der Waals surface area contributed by atoms with Crippen LogP contribution in [0.1, 0.15) is 23.0 Å². The van der Waals surface area contributed by atoms with Crippen molar-refractivity contribution in [2.24, 2.45) is 0 Å². The Hall–Kier alpha value is -2.76. The number of esters is 1. The minimum atomic E-state index is -0.589. The number of carbonyl (C=O) groups is 1. The second-order valence-electron chi connectivity index (χ2n) is 4.13. The first-order valence-corrected chi connectivity index (χ1v) is 6.31. The molecule has 1 N–H and O–H groups in total. The lowest BCUT2D eigenvalue weighted by molar-refractivity contribution is 0.0442. The molecular weight excluding hydrogens is 276 g/mol. The van der Waals surface area contributed by atoms with Gasteiger partial charge in [-0.2, -0.15) is 0 Å². The largest absolute Gasteiger partial charge is 0.502 e. The lowest BCUT2D eigenvalue weighted by Crippen LogP contribution is -2.07. The van der Waals surface area contributed by atoms with Crippen LogP contribution < -0.4 is 10.2 Å². The van der Waals surface area contributed by atoms with Crippen LogP contribution in [0, 0.1) is 0 Å². The molecule has 1 aromatic heterocycles. The Balaban J connectivity index is 1.97. The van der Waals surface area contributed by atoms with Gasteiger partial charge in [0.05, 0.1) is 12.2 Å². The minimum Gasteiger partial charge on any atom is -0.502 e. The van der Waals surface area contributed by atoms with Gasteiger partial charge < -0.3 is 19.0 Å². The van der Waals surface area contributed by atoms with Gasteiger partial charge in [0.15, 0.2) is 5.75 Å². The van der Waals surface area contributed by atoms with Crippen LogP contribution in [0.15, 0.2) is 45.8 Å². The van der Waals surface area contributed by atoms with E-state index in [1.807, 2.05) is 6.92 Å². The number of benzene rings is 1. The molecule has 1 aromatic carbocycles. The Bertz CT molecular complexity index is 671. The summed E-state index contributed by atoms with van der Waals surface area (Å²) in [6, 6.07) is 7.57. The molecule has 0 aliphatic carbocycles. The number of aromatic hydroxyl groups is 1. The molecule has 0 saturated carbocycles. The third kappa shape index (κ3) is 3.85. The SMILES string of the molecule is CCOc1ccc(C(=O)OCc2cc(=O)c(O)co2)cc1. The average molecular weight is 290 g/mol. The van der Waals surface area contributed by atoms with E-state index < -0.39 is 17.1 Å². The summed E-state index contributed by atoms with van der Waals surface area (Å²) in [6.45, 7) is 2.22. The lowest BCUT2D eigenvalue weighted by atomic mass is 10.2. The molecule has 2 aromatic rings. The fourth-order valence-electron chi connectivity index (χ4n) is 1.59. The highest BCUT2D eigenvalue weighted by atomic mass is 16.5. The van der Waals surface area contributed by atoms with Crippen molar-refractivity contribution in [1.29, 1.82) is 0 Å². The van der Waals surface area contributed by atoms with E-state index in [2.05, 4.69) is 0 Å². The van der Waals surface area contributed by atoms with Crippen LogP contribution in [0.3, 0.4) is 0 Å². The Morgan fingerprint density at radius 2 is 2.00 bits per heavy atom. The van der Waals surface area contributed by atoms with Crippen LogP contribution >= 0.6 is 0 Å². The van der Waals surface area contributed by atoms with Gasteiger partial charge in [-0.1, -0.05) is 0 Å². The smallest absolute Gasteiger partial charge is 0.338 e. The zero-order chi connectivity index (χ0) is 15.2. The maximum Gasteiger partial charge on any atom is 0.338 e. The second kappa shape index (κ2) is 6.60. The van der Waals surface area contributed by atoms with E-state index in [0.717, 1.165) is 12.3 Å². The quantitative estimate of drug-likeness (QED) is 0.849. The average Bonchev–Trinajstić information content (AvgIpc) is 2.49. The fraction of sp³-hybridized carbons (Fsp3) is 0.200. The van der Waals surface area contributed by atoms with Crippen molar-refractivity contribution in [2.75, 3.05) is 6.61 Å². The summed E-state index contributed by atoms with van der Waals surface area (Å²) in [4.78, 5) is 23.0. The third-order valence-electron chi connectivity index (χ3n) is 2.61. The molecule has 110 valence electrons. The molecule has 6 nitrogen and oxygen atoms in total. The predicted molar refractivity (Wildman–Crippen MR) is 73.4 cm³/mol. The molecule has 0 aliphatic rings. The summed E-state index contributed by atoms with van der Waals surface area (Å²) in [7, 11) is 0. The van der Waals surface area contributed by atoms with Crippen LogP contribution in [-0.4, -0.2) is 17.7 Å². The summed E-state index contributed by atoms with van der Waals surface area (Å²) < 4.78 is 15.2. The number of ether oxygens (including phenoxy) is 2. The highest BCUT2D eigenvalue weighted by Gasteiger charge is 2.09. The first-order chi connectivity index (χ1) is 10.1. The molecule has 0 bridgehead atoms. The summed E-state index contributed by atoms with van der Waals surface area (Å²) in [5.74, 6) is -0.221. The standard InChI is InChI=1S/C15H14O6/c1-2-19-11-5-3-10(4-6-11)15(18)21-8-12-7-13(16)14(17)9-20-12/h3-7,9,17H,2,8H2,1H3. The van der Waals surface area contributed by atoms with E-state index in [9.17, 15) is 9.59 Å². The first-order valence-electron chi connectivity index (χ1n) is 6.31. The molecule has 0 aliphatic heterocycles. The van der Waals surface area contributed by atoms with Crippen molar-refractivity contribution in [1.82, 2.24) is 0 Å². The van der Waals surface area contributed by atoms with Crippen LogP contribution in [0.25, 0.3) is 0 Å². The highest BCUT2D eigenvalue weighted by Crippen LogP contribution is 2.13. The molecular formula is C15H14O6. The molecule has 0 spiro atoms. The van der Waals surface area contributed by atoms with Crippen molar-refractivity contribution in [3.05, 3.63) is 58.1 Å². The van der Waals surface area contributed by atoms with E-state index >= 15 is 0 Å². The van der Waals surface area contributed by atoms with Crippen molar-refractivity contribution < 1.29 is 23.8 Å². The maximum absolute atomic E-state index is 11.8. The van der Waals surface area contributed by atoms with E-state index in [1.54, 1.807) is 24.3 Å². The molecule has 0 atom stereocenters. The fourth-order valence-corrected chi connectivity index (χ4v) is 1.59. The number of hydrogen-bond acceptors (Lipinski definition) is 6. The van der Waals surface area contributed by atoms with Gasteiger partial charge in [0.1, 0.15) is 24.4 Å². The van der Waals surface area contributed by atoms with Crippen molar-refractivity contribution in [3.8, 4) is 11.5 Å². The summed E-state index contributed by atoms with van der Waals surface area (Å²) in [5.41, 5.74) is -0.229. The van der Waals surface area contributed by atoms with Gasteiger partial charge in [0.2, 0.25) is 5.43 Å². The number of rotatable bonds is 5. The Kier molecular flexibility index (Phi) is 4.61. The van der Waals surface area contributed by atoms with E-state index in [-0.39, 0.29) is 12.4 Å². The van der Waals surface area contributed by atoms with Crippen molar-refractivity contribution >= 4 is 5.97 Å². The molecule has 0 radical (unpaired) electrons. The molecule has 0 amide bonds.